The Labute approximate surface area is 415 Å². The Morgan fingerprint density at radius 3 is 1.30 bits per heavy atom. The number of fused-ring (bicyclic) bond motifs is 2. The van der Waals surface area contributed by atoms with E-state index in [2.05, 4.69) is 177 Å². The van der Waals surface area contributed by atoms with Crippen molar-refractivity contribution in [2.75, 3.05) is 4.90 Å². The molecule has 0 spiro atoms. The van der Waals surface area contributed by atoms with Gasteiger partial charge in [-0.15, -0.1) is 45.3 Å². The molecule has 0 aliphatic carbocycles. The zero-order valence-electron chi connectivity index (χ0n) is 37.1. The molecule has 0 saturated carbocycles. The Bertz CT molecular complexity index is 3410. The van der Waals surface area contributed by atoms with Crippen LogP contribution in [-0.2, 0) is 9.59 Å². The Morgan fingerprint density at radius 2 is 0.884 bits per heavy atom. The number of aryl methyl sites for hydroxylation is 2. The molecule has 0 radical (unpaired) electrons. The normalized spacial score (nSPS) is 12.3. The van der Waals surface area contributed by atoms with Gasteiger partial charge in [-0.2, -0.15) is 10.5 Å². The lowest BCUT2D eigenvalue weighted by Gasteiger charge is -2.26. The number of anilines is 3. The first kappa shape index (κ1) is 46.0. The predicted octanol–water partition coefficient (Wildman–Crippen LogP) is 16.2. The number of carboxylic acid groups (broad SMARTS) is 2. The van der Waals surface area contributed by atoms with Crippen molar-refractivity contribution in [3.8, 4) is 12.1 Å². The highest BCUT2D eigenvalue weighted by molar-refractivity contribution is 7.29. The van der Waals surface area contributed by atoms with Crippen LogP contribution < -0.4 is 4.90 Å². The van der Waals surface area contributed by atoms with E-state index in [0.717, 1.165) is 83.2 Å². The number of hydrogen-bond acceptors (Lipinski definition) is 9. The van der Waals surface area contributed by atoms with Gasteiger partial charge >= 0.3 is 11.9 Å². The Balaban J connectivity index is 0.997. The third-order valence-corrected chi connectivity index (χ3v) is 15.7. The fourth-order valence-corrected chi connectivity index (χ4v) is 12.2. The van der Waals surface area contributed by atoms with E-state index in [1.165, 1.54) is 51.5 Å². The van der Waals surface area contributed by atoms with Crippen molar-refractivity contribution in [2.24, 2.45) is 0 Å². The van der Waals surface area contributed by atoms with Gasteiger partial charge in [0.05, 0.1) is 0 Å². The zero-order chi connectivity index (χ0) is 48.0. The Morgan fingerprint density at radius 1 is 0.464 bits per heavy atom. The van der Waals surface area contributed by atoms with Gasteiger partial charge < -0.3 is 15.1 Å². The average Bonchev–Trinajstić information content (AvgIpc) is 4.13. The number of benzene rings is 5. The van der Waals surface area contributed by atoms with E-state index in [9.17, 15) is 19.8 Å². The Kier molecular flexibility index (Phi) is 13.6. The molecule has 7 nitrogen and oxygen atoms in total. The first-order valence-corrected chi connectivity index (χ1v) is 24.8. The predicted molar refractivity (Wildman–Crippen MR) is 290 cm³/mol. The van der Waals surface area contributed by atoms with Crippen LogP contribution in [0.15, 0.2) is 157 Å². The maximum Gasteiger partial charge on any atom is 0.346 e. The summed E-state index contributed by atoms with van der Waals surface area (Å²) in [4.78, 5) is 28.5. The highest BCUT2D eigenvalue weighted by atomic mass is 32.1. The summed E-state index contributed by atoms with van der Waals surface area (Å²) in [7, 11) is 0. The fourth-order valence-electron chi connectivity index (χ4n) is 7.64. The van der Waals surface area contributed by atoms with Gasteiger partial charge in [0.1, 0.15) is 23.3 Å². The van der Waals surface area contributed by atoms with Gasteiger partial charge in [0.15, 0.2) is 0 Å². The lowest BCUT2D eigenvalue weighted by atomic mass is 9.93. The summed E-state index contributed by atoms with van der Waals surface area (Å²) < 4.78 is 4.15. The van der Waals surface area contributed by atoms with Gasteiger partial charge in [-0.1, -0.05) is 97.1 Å². The van der Waals surface area contributed by atoms with Gasteiger partial charge in [0, 0.05) is 55.4 Å². The minimum atomic E-state index is -1.23. The largest absolute Gasteiger partial charge is 0.477 e. The van der Waals surface area contributed by atoms with Gasteiger partial charge in [-0.05, 0) is 149 Å². The van der Waals surface area contributed by atoms with E-state index in [-0.39, 0.29) is 11.1 Å². The molecule has 0 atom stereocenters. The molecule has 9 rings (SSSR count). The topological polar surface area (TPSA) is 125 Å². The van der Waals surface area contributed by atoms with Gasteiger partial charge in [0.25, 0.3) is 0 Å². The van der Waals surface area contributed by atoms with Crippen LogP contribution >= 0.6 is 45.3 Å². The van der Waals surface area contributed by atoms with E-state index >= 15 is 0 Å². The van der Waals surface area contributed by atoms with E-state index in [1.807, 2.05) is 18.2 Å². The molecule has 0 bridgehead atoms. The molecular formula is C58H39N3O4S4. The first-order valence-electron chi connectivity index (χ1n) is 21.6. The number of carboxylic acids is 2. The molecule has 4 aromatic heterocycles. The molecular weight excluding hydrogens is 931 g/mol. The molecule has 0 aliphatic rings. The van der Waals surface area contributed by atoms with Crippen LogP contribution in [0.4, 0.5) is 17.1 Å². The van der Waals surface area contributed by atoms with Crippen molar-refractivity contribution in [3.63, 3.8) is 0 Å². The quantitative estimate of drug-likeness (QED) is 0.0631. The van der Waals surface area contributed by atoms with Gasteiger partial charge in [-0.25, -0.2) is 9.59 Å². The van der Waals surface area contributed by atoms with Crippen LogP contribution in [0, 0.1) is 36.5 Å². The molecule has 11 heteroatoms. The highest BCUT2D eigenvalue weighted by Crippen LogP contribution is 2.39. The average molecular weight is 970 g/mol. The van der Waals surface area contributed by atoms with Crippen molar-refractivity contribution in [1.82, 2.24) is 0 Å². The van der Waals surface area contributed by atoms with Crippen molar-refractivity contribution < 1.29 is 19.8 Å². The standard InChI is InChI=1S/C58H39N3O4S4/c1-36-8-17-42(26-37(36)2)52(41-6-4-3-5-7-41)27-40-13-22-47(23-14-40)61(45-18-9-38(10-19-45)15-24-48-30-53-55(66-48)32-50(68-53)28-43(34-59)57(62)63)46-20-11-39(12-21-46)16-25-49-31-54-56(67-49)33-51(69-54)29-44(35-60)58(64)65/h3-33H,1-2H3,(H,62,63)(H,64,65)/b24-15+,25-16+,43-28+,44-29+,52-27+. The van der Waals surface area contributed by atoms with Crippen LogP contribution in [0.3, 0.4) is 0 Å². The van der Waals surface area contributed by atoms with Crippen molar-refractivity contribution in [3.05, 3.63) is 215 Å². The molecule has 2 N–H and O–H groups in total. The minimum absolute atomic E-state index is 0.286. The van der Waals surface area contributed by atoms with E-state index < -0.39 is 11.9 Å². The van der Waals surface area contributed by atoms with Crippen molar-refractivity contribution >= 4 is 141 Å². The summed E-state index contributed by atoms with van der Waals surface area (Å²) in [5, 5.41) is 36.8. The summed E-state index contributed by atoms with van der Waals surface area (Å²) in [6.45, 7) is 4.29. The fraction of sp³-hybridized carbons (Fsp3) is 0.0345. The molecule has 5 aromatic carbocycles. The second-order valence-corrected chi connectivity index (χ2v) is 20.5. The number of nitriles is 2. The first-order chi connectivity index (χ1) is 33.5. The monoisotopic (exact) mass is 969 g/mol. The van der Waals surface area contributed by atoms with Gasteiger partial charge in [0.2, 0.25) is 0 Å². The molecule has 4 heterocycles. The second-order valence-electron chi connectivity index (χ2n) is 16.0. The summed E-state index contributed by atoms with van der Waals surface area (Å²) in [5.41, 5.74) is 11.5. The molecule has 0 unspecified atom stereocenters. The van der Waals surface area contributed by atoms with Crippen LogP contribution in [0.25, 0.3) is 66.9 Å². The third-order valence-electron chi connectivity index (χ3n) is 11.3. The summed E-state index contributed by atoms with van der Waals surface area (Å²) in [5.74, 6) is -2.47. The highest BCUT2D eigenvalue weighted by Gasteiger charge is 2.15. The molecule has 0 fully saturated rings. The summed E-state index contributed by atoms with van der Waals surface area (Å²) in [6.07, 6.45) is 13.4. The van der Waals surface area contributed by atoms with E-state index in [0.29, 0.717) is 0 Å². The number of rotatable bonds is 14. The van der Waals surface area contributed by atoms with Crippen molar-refractivity contribution in [2.45, 2.75) is 13.8 Å². The number of carbonyl (C=O) groups is 2. The number of aliphatic carboxylic acids is 2. The number of nitrogens with zero attached hydrogens (tertiary/aromatic N) is 3. The number of hydrogen-bond donors (Lipinski definition) is 2. The second kappa shape index (κ2) is 20.4. The lowest BCUT2D eigenvalue weighted by molar-refractivity contribution is -0.133. The zero-order valence-corrected chi connectivity index (χ0v) is 40.3. The molecule has 9 aromatic rings. The van der Waals surface area contributed by atoms with Crippen LogP contribution in [0.5, 0.6) is 0 Å². The lowest BCUT2D eigenvalue weighted by Crippen LogP contribution is -2.09. The maximum absolute atomic E-state index is 11.3. The smallest absolute Gasteiger partial charge is 0.346 e. The SMILES string of the molecule is Cc1ccc(/C(=C/c2ccc(N(c3ccc(/C=C/c4cc5sc(/C=C(\C#N)C(=O)O)cc5s4)cc3)c3ccc(/C=C/c4cc5sc(/C=C(\C#N)C(=O)O)cc5s4)cc3)cc2)c2ccccc2)cc1C. The van der Waals surface area contributed by atoms with Crippen LogP contribution in [0.1, 0.15) is 58.5 Å². The van der Waals surface area contributed by atoms with E-state index in [4.69, 9.17) is 10.5 Å². The minimum Gasteiger partial charge on any atom is -0.477 e. The van der Waals surface area contributed by atoms with Crippen LogP contribution in [-0.4, -0.2) is 22.2 Å². The maximum atomic E-state index is 11.3. The molecule has 69 heavy (non-hydrogen) atoms. The van der Waals surface area contributed by atoms with Crippen molar-refractivity contribution in [1.29, 1.82) is 10.5 Å². The molecule has 0 amide bonds. The molecule has 0 saturated heterocycles. The Hall–Kier alpha value is -8.16. The summed E-state index contributed by atoms with van der Waals surface area (Å²) in [6, 6.07) is 54.2. The van der Waals surface area contributed by atoms with Crippen LogP contribution in [0.2, 0.25) is 0 Å². The number of thiophene rings is 4. The van der Waals surface area contributed by atoms with E-state index in [1.54, 1.807) is 34.8 Å². The summed E-state index contributed by atoms with van der Waals surface area (Å²) >= 11 is 6.15. The molecule has 0 aliphatic heterocycles. The molecule has 334 valence electrons. The van der Waals surface area contributed by atoms with Gasteiger partial charge in [-0.3, -0.25) is 0 Å². The third kappa shape index (κ3) is 10.7.